The van der Waals surface area contributed by atoms with Crippen molar-refractivity contribution in [3.05, 3.63) is 102 Å². The topological polar surface area (TPSA) is 30.5 Å². The van der Waals surface area contributed by atoms with Gasteiger partial charge in [0.25, 0.3) is 0 Å². The molecule has 0 unspecified atom stereocenters. The zero-order chi connectivity index (χ0) is 17.8. The maximum atomic E-state index is 6.28. The summed E-state index contributed by atoms with van der Waals surface area (Å²) in [5, 5.41) is 3.44. The molecule has 1 saturated heterocycles. The van der Waals surface area contributed by atoms with Gasteiger partial charge >= 0.3 is 7.62 Å². The van der Waals surface area contributed by atoms with Crippen molar-refractivity contribution >= 4 is 7.62 Å². The van der Waals surface area contributed by atoms with Crippen LogP contribution in [0.1, 0.15) is 16.7 Å². The second kappa shape index (κ2) is 7.36. The van der Waals surface area contributed by atoms with Crippen LogP contribution >= 0.6 is 0 Å². The summed E-state index contributed by atoms with van der Waals surface area (Å²) in [6, 6.07) is 29.2. The van der Waals surface area contributed by atoms with Crippen molar-refractivity contribution in [1.29, 1.82) is 0 Å². The van der Waals surface area contributed by atoms with Gasteiger partial charge in [-0.15, -0.1) is 0 Å². The van der Waals surface area contributed by atoms with Crippen molar-refractivity contribution < 1.29 is 9.39 Å². The molecule has 1 heterocycles. The molecular weight excluding hydrogens is 321 g/mol. The van der Waals surface area contributed by atoms with Gasteiger partial charge in [-0.3, -0.25) is 0 Å². The van der Waals surface area contributed by atoms with Gasteiger partial charge in [0.05, 0.1) is 7.11 Å². The molecule has 0 amide bonds. The molecule has 1 radical (unpaired) electrons. The Hall–Kier alpha value is -2.56. The summed E-state index contributed by atoms with van der Waals surface area (Å²) in [5.74, 6) is 0.869. The van der Waals surface area contributed by atoms with Crippen LogP contribution in [-0.2, 0) is 16.7 Å². The Morgan fingerprint density at radius 1 is 0.885 bits per heavy atom. The highest BCUT2D eigenvalue weighted by Crippen LogP contribution is 2.40. The highest BCUT2D eigenvalue weighted by Gasteiger charge is 2.47. The molecule has 1 aliphatic rings. The lowest BCUT2D eigenvalue weighted by molar-refractivity contribution is 0.118. The fourth-order valence-corrected chi connectivity index (χ4v) is 3.69. The molecule has 1 fully saturated rings. The van der Waals surface area contributed by atoms with E-state index in [1.807, 2.05) is 24.3 Å². The number of nitrogens with one attached hydrogen (secondary N) is 1. The lowest BCUT2D eigenvalue weighted by Gasteiger charge is -2.36. The van der Waals surface area contributed by atoms with Gasteiger partial charge < -0.3 is 14.6 Å². The van der Waals surface area contributed by atoms with Crippen molar-refractivity contribution in [2.45, 2.75) is 18.1 Å². The molecule has 0 saturated carbocycles. The minimum absolute atomic E-state index is 0.0840. The van der Waals surface area contributed by atoms with Gasteiger partial charge in [-0.05, 0) is 35.2 Å². The van der Waals surface area contributed by atoms with Gasteiger partial charge in [0.1, 0.15) is 11.4 Å². The molecule has 1 N–H and O–H groups in total. The Morgan fingerprint density at radius 3 is 2.00 bits per heavy atom. The van der Waals surface area contributed by atoms with Crippen LogP contribution in [0.25, 0.3) is 0 Å². The molecule has 26 heavy (non-hydrogen) atoms. The van der Waals surface area contributed by atoms with E-state index in [0.717, 1.165) is 23.3 Å². The van der Waals surface area contributed by atoms with Crippen LogP contribution in [0.15, 0.2) is 84.9 Å². The third-order valence-corrected chi connectivity index (χ3v) is 5.01. The number of ether oxygens (including phenoxy) is 1. The van der Waals surface area contributed by atoms with Crippen molar-refractivity contribution in [2.75, 3.05) is 7.11 Å². The molecular formula is C22H21BNO2. The predicted octanol–water partition coefficient (Wildman–Crippen LogP) is 3.70. The zero-order valence-corrected chi connectivity index (χ0v) is 14.8. The Morgan fingerprint density at radius 2 is 1.46 bits per heavy atom. The van der Waals surface area contributed by atoms with E-state index < -0.39 is 5.60 Å². The molecule has 129 valence electrons. The van der Waals surface area contributed by atoms with E-state index in [0.29, 0.717) is 0 Å². The molecule has 1 aliphatic heterocycles. The first-order valence-electron chi connectivity index (χ1n) is 8.82. The van der Waals surface area contributed by atoms with Crippen molar-refractivity contribution in [3.63, 3.8) is 0 Å². The maximum Gasteiger partial charge on any atom is 0.397 e. The van der Waals surface area contributed by atoms with Crippen LogP contribution in [0, 0.1) is 0 Å². The first kappa shape index (κ1) is 16.9. The lowest BCUT2D eigenvalue weighted by Crippen LogP contribution is -2.43. The number of hydrogen-bond donors (Lipinski definition) is 1. The highest BCUT2D eigenvalue weighted by atomic mass is 16.5. The molecule has 0 aromatic heterocycles. The lowest BCUT2D eigenvalue weighted by atomic mass is 9.78. The molecule has 3 aromatic rings. The quantitative estimate of drug-likeness (QED) is 0.717. The fraction of sp³-hybridized carbons (Fsp3) is 0.182. The van der Waals surface area contributed by atoms with Crippen molar-refractivity contribution in [2.24, 2.45) is 0 Å². The molecule has 3 aromatic carbocycles. The first-order valence-corrected chi connectivity index (χ1v) is 8.82. The minimum Gasteiger partial charge on any atom is -0.497 e. The van der Waals surface area contributed by atoms with E-state index in [9.17, 15) is 0 Å². The van der Waals surface area contributed by atoms with E-state index in [4.69, 9.17) is 9.39 Å². The predicted molar refractivity (Wildman–Crippen MR) is 104 cm³/mol. The maximum absolute atomic E-state index is 6.28. The van der Waals surface area contributed by atoms with Crippen LogP contribution < -0.4 is 9.96 Å². The minimum atomic E-state index is -0.553. The van der Waals surface area contributed by atoms with Gasteiger partial charge in [-0.25, -0.2) is 0 Å². The van der Waals surface area contributed by atoms with Crippen molar-refractivity contribution in [3.8, 4) is 5.75 Å². The number of hydrogen-bond acceptors (Lipinski definition) is 3. The summed E-state index contributed by atoms with van der Waals surface area (Å²) in [6.45, 7) is 0. The summed E-state index contributed by atoms with van der Waals surface area (Å²) in [7, 11) is 3.42. The number of rotatable bonds is 5. The normalized spacial score (nSPS) is 18.3. The highest BCUT2D eigenvalue weighted by molar-refractivity contribution is 6.25. The number of methoxy groups -OCH3 is 1. The monoisotopic (exact) mass is 342 g/mol. The van der Waals surface area contributed by atoms with E-state index >= 15 is 0 Å². The van der Waals surface area contributed by atoms with Crippen molar-refractivity contribution in [1.82, 2.24) is 5.23 Å². The summed E-state index contributed by atoms with van der Waals surface area (Å²) in [5.41, 5.74) is 2.97. The van der Waals surface area contributed by atoms with Crippen LogP contribution in [-0.4, -0.2) is 20.8 Å². The first-order chi connectivity index (χ1) is 12.8. The van der Waals surface area contributed by atoms with Crippen LogP contribution in [0.5, 0.6) is 5.75 Å². The van der Waals surface area contributed by atoms with Crippen LogP contribution in [0.4, 0.5) is 0 Å². The molecule has 0 aliphatic carbocycles. The third-order valence-electron chi connectivity index (χ3n) is 5.01. The Bertz CT molecular complexity index is 798. The molecule has 3 nitrogen and oxygen atoms in total. The SMILES string of the molecule is COc1ccc(C[C@@H]2N[B]OC2(c2ccccc2)c2ccccc2)cc1. The standard InChI is InChI=1S/C22H21BNO2/c1-25-20-14-12-17(13-15-20)16-21-22(26-23-24-21,18-8-4-2-5-9-18)19-10-6-3-7-11-19/h2-15,21,24H,16H2,1H3/t21-/m0/s1. The largest absolute Gasteiger partial charge is 0.497 e. The van der Waals surface area contributed by atoms with Crippen LogP contribution in [0.2, 0.25) is 0 Å². The molecule has 4 heteroatoms. The third kappa shape index (κ3) is 3.02. The van der Waals surface area contributed by atoms with Gasteiger partial charge in [0, 0.05) is 6.04 Å². The summed E-state index contributed by atoms with van der Waals surface area (Å²) in [6.07, 6.45) is 0.838. The van der Waals surface area contributed by atoms with Gasteiger partial charge in [0.15, 0.2) is 0 Å². The molecule has 0 spiro atoms. The van der Waals surface area contributed by atoms with Crippen LogP contribution in [0.3, 0.4) is 0 Å². The molecule has 4 rings (SSSR count). The summed E-state index contributed by atoms with van der Waals surface area (Å²) in [4.78, 5) is 0. The number of benzene rings is 3. The Kier molecular flexibility index (Phi) is 4.78. The zero-order valence-electron chi connectivity index (χ0n) is 14.8. The van der Waals surface area contributed by atoms with Gasteiger partial charge in [0.2, 0.25) is 0 Å². The van der Waals surface area contributed by atoms with E-state index in [1.54, 1.807) is 14.7 Å². The Labute approximate surface area is 155 Å². The molecule has 1 atom stereocenters. The van der Waals surface area contributed by atoms with E-state index in [-0.39, 0.29) is 6.04 Å². The smallest absolute Gasteiger partial charge is 0.397 e. The molecule has 0 bridgehead atoms. The van der Waals surface area contributed by atoms with E-state index in [1.165, 1.54) is 5.56 Å². The average Bonchev–Trinajstić information content (AvgIpc) is 3.14. The van der Waals surface area contributed by atoms with Gasteiger partial charge in [-0.1, -0.05) is 72.8 Å². The second-order valence-corrected chi connectivity index (χ2v) is 6.47. The van der Waals surface area contributed by atoms with Gasteiger partial charge in [-0.2, -0.15) is 0 Å². The van der Waals surface area contributed by atoms with E-state index in [2.05, 4.69) is 65.9 Å². The Balaban J connectivity index is 1.74. The summed E-state index contributed by atoms with van der Waals surface area (Å²) < 4.78 is 11.6. The average molecular weight is 342 g/mol. The second-order valence-electron chi connectivity index (χ2n) is 6.47. The summed E-state index contributed by atoms with van der Waals surface area (Å²) >= 11 is 0. The fourth-order valence-electron chi connectivity index (χ4n) is 3.69.